The number of H-pyrrole nitrogens is 1. The van der Waals surface area contributed by atoms with Gasteiger partial charge in [-0.3, -0.25) is 0 Å². The molecule has 6 rings (SSSR count). The molecule has 2 aromatic carbocycles. The van der Waals surface area contributed by atoms with Crippen molar-refractivity contribution in [2.75, 3.05) is 13.2 Å². The molecule has 0 radical (unpaired) electrons. The van der Waals surface area contributed by atoms with E-state index in [1.54, 1.807) is 12.1 Å². The van der Waals surface area contributed by atoms with Crippen molar-refractivity contribution in [1.82, 2.24) is 15.0 Å². The van der Waals surface area contributed by atoms with Gasteiger partial charge in [-0.1, -0.05) is 6.07 Å². The molecule has 43 heavy (non-hydrogen) atoms. The third-order valence-electron chi connectivity index (χ3n) is 6.89. The van der Waals surface area contributed by atoms with E-state index < -0.39 is 29.3 Å². The number of aromatic amines is 1. The molecule has 0 unspecified atom stereocenters. The highest BCUT2D eigenvalue weighted by Crippen LogP contribution is 2.33. The number of alkyl halides is 3. The highest BCUT2D eigenvalue weighted by atomic mass is 32.1. The molecule has 1 atom stereocenters. The van der Waals surface area contributed by atoms with Gasteiger partial charge in [0, 0.05) is 41.3 Å². The Balaban J connectivity index is 1.20. The van der Waals surface area contributed by atoms with Crippen molar-refractivity contribution in [3.05, 3.63) is 99.0 Å². The minimum absolute atomic E-state index is 0.0319. The maximum absolute atomic E-state index is 15.4. The zero-order valence-electron chi connectivity index (χ0n) is 22.2. The Hall–Kier alpha value is -4.36. The summed E-state index contributed by atoms with van der Waals surface area (Å²) in [5, 5.41) is 0.993. The van der Waals surface area contributed by atoms with Gasteiger partial charge in [0.15, 0.2) is 0 Å². The highest BCUT2D eigenvalue weighted by Gasteiger charge is 2.31. The van der Waals surface area contributed by atoms with E-state index >= 15 is 8.78 Å². The molecular weight excluding hydrogens is 593 g/mol. The van der Waals surface area contributed by atoms with Crippen molar-refractivity contribution in [1.29, 1.82) is 0 Å². The van der Waals surface area contributed by atoms with Gasteiger partial charge >= 0.3 is 12.1 Å². The number of nitrogens with one attached hydrogen (secondary N) is 1. The molecule has 1 saturated heterocycles. The molecule has 1 aliphatic heterocycles. The van der Waals surface area contributed by atoms with Crippen molar-refractivity contribution < 1.29 is 41.0 Å². The largest absolute Gasteiger partial charge is 0.472 e. The number of pyridine rings is 1. The summed E-state index contributed by atoms with van der Waals surface area (Å²) in [6.07, 6.45) is -2.38. The number of imidazole rings is 1. The van der Waals surface area contributed by atoms with Crippen LogP contribution in [0.5, 0.6) is 5.88 Å². The molecule has 0 amide bonds. The van der Waals surface area contributed by atoms with Crippen LogP contribution in [0.15, 0.2) is 60.2 Å². The smallest absolute Gasteiger partial charge is 0.417 e. The van der Waals surface area contributed by atoms with Crippen LogP contribution in [0.3, 0.4) is 0 Å². The van der Waals surface area contributed by atoms with E-state index in [2.05, 4.69) is 15.0 Å². The van der Waals surface area contributed by atoms with Gasteiger partial charge in [0.2, 0.25) is 5.88 Å². The average Bonchev–Trinajstić information content (AvgIpc) is 3.63. The molecule has 1 fully saturated rings. The topological polar surface area (TPSA) is 86.3 Å². The average molecular weight is 616 g/mol. The van der Waals surface area contributed by atoms with E-state index in [4.69, 9.17) is 14.2 Å². The predicted molar refractivity (Wildman–Crippen MR) is 147 cm³/mol. The van der Waals surface area contributed by atoms with Crippen LogP contribution in [0.4, 0.5) is 22.0 Å². The lowest BCUT2D eigenvalue weighted by molar-refractivity contribution is -0.137. The lowest BCUT2D eigenvalue weighted by Gasteiger charge is -2.25. The number of rotatable bonds is 9. The van der Waals surface area contributed by atoms with Crippen LogP contribution in [-0.4, -0.2) is 40.2 Å². The standard InChI is InChI=1S/C30H22F5N3O4S/c31-23-11-22(25-2-1-3-27(38-25)41-13-21-10-19(14-43-21)30(33,34)35)24(32)8-16(23)6-17-7-18(9-26-28(17)37-15-36-26)29(39)42-12-20-4-5-40-20/h1-3,7-11,14-15,20H,4-6,12-13H2,(H,36,37)/t20-/m0/s1. The van der Waals surface area contributed by atoms with Crippen LogP contribution in [0, 0.1) is 11.6 Å². The van der Waals surface area contributed by atoms with Crippen molar-refractivity contribution in [3.8, 4) is 17.1 Å². The molecule has 0 bridgehead atoms. The van der Waals surface area contributed by atoms with E-state index in [0.29, 0.717) is 28.1 Å². The molecule has 4 heterocycles. The first-order valence-electron chi connectivity index (χ1n) is 13.1. The van der Waals surface area contributed by atoms with E-state index in [9.17, 15) is 18.0 Å². The normalized spacial score (nSPS) is 15.0. The number of hydrogen-bond acceptors (Lipinski definition) is 7. The second kappa shape index (κ2) is 11.7. The Morgan fingerprint density at radius 3 is 2.67 bits per heavy atom. The summed E-state index contributed by atoms with van der Waals surface area (Å²) < 4.78 is 85.4. The summed E-state index contributed by atoms with van der Waals surface area (Å²) in [6, 6.07) is 10.7. The van der Waals surface area contributed by atoms with Crippen LogP contribution < -0.4 is 4.74 Å². The lowest BCUT2D eigenvalue weighted by Crippen LogP contribution is -2.32. The fourth-order valence-corrected chi connectivity index (χ4v) is 5.37. The SMILES string of the molecule is O=C(OC[C@@H]1CCO1)c1cc(Cc2cc(F)c(-c3cccc(OCc4cc(C(F)(F)F)cs4)n3)cc2F)c2nc[nH]c2c1. The van der Waals surface area contributed by atoms with Crippen LogP contribution in [0.25, 0.3) is 22.3 Å². The number of thiophene rings is 1. The summed E-state index contributed by atoms with van der Waals surface area (Å²) >= 11 is 0.894. The number of nitrogens with zero attached hydrogens (tertiary/aromatic N) is 2. The molecular formula is C30H22F5N3O4S. The van der Waals surface area contributed by atoms with Gasteiger partial charge in [-0.15, -0.1) is 11.3 Å². The second-order valence-electron chi connectivity index (χ2n) is 9.86. The molecule has 5 aromatic rings. The number of hydrogen-bond donors (Lipinski definition) is 1. The first-order valence-corrected chi connectivity index (χ1v) is 14.0. The number of aromatic nitrogens is 3. The van der Waals surface area contributed by atoms with Gasteiger partial charge in [0.05, 0.1) is 40.3 Å². The number of benzene rings is 2. The number of carbonyl (C=O) groups excluding carboxylic acids is 1. The van der Waals surface area contributed by atoms with Crippen LogP contribution in [0.2, 0.25) is 0 Å². The molecule has 13 heteroatoms. The third-order valence-corrected chi connectivity index (χ3v) is 7.80. The molecule has 7 nitrogen and oxygen atoms in total. The summed E-state index contributed by atoms with van der Waals surface area (Å²) in [5.74, 6) is -1.98. The Kier molecular flexibility index (Phi) is 7.84. The van der Waals surface area contributed by atoms with E-state index in [1.807, 2.05) is 0 Å². The zero-order chi connectivity index (χ0) is 30.1. The molecule has 222 valence electrons. The summed E-state index contributed by atoms with van der Waals surface area (Å²) in [5.41, 5.74) is 0.996. The van der Waals surface area contributed by atoms with Crippen LogP contribution in [-0.2, 0) is 28.7 Å². The van der Waals surface area contributed by atoms with Crippen molar-refractivity contribution in [3.63, 3.8) is 0 Å². The Labute approximate surface area is 245 Å². The molecule has 0 spiro atoms. The minimum Gasteiger partial charge on any atom is -0.472 e. The van der Waals surface area contributed by atoms with Crippen molar-refractivity contribution in [2.45, 2.75) is 31.7 Å². The Morgan fingerprint density at radius 2 is 1.93 bits per heavy atom. The van der Waals surface area contributed by atoms with Gasteiger partial charge in [-0.25, -0.2) is 23.5 Å². The minimum atomic E-state index is -4.45. The Morgan fingerprint density at radius 1 is 1.09 bits per heavy atom. The van der Waals surface area contributed by atoms with Gasteiger partial charge in [-0.05, 0) is 47.5 Å². The molecule has 0 saturated carbocycles. The van der Waals surface area contributed by atoms with Crippen LogP contribution in [0.1, 0.15) is 38.3 Å². The number of ether oxygens (including phenoxy) is 3. The monoisotopic (exact) mass is 615 g/mol. The maximum atomic E-state index is 15.4. The molecule has 0 aliphatic carbocycles. The fourth-order valence-electron chi connectivity index (χ4n) is 4.56. The second-order valence-corrected chi connectivity index (χ2v) is 10.9. The Bertz CT molecular complexity index is 1800. The number of esters is 1. The van der Waals surface area contributed by atoms with Crippen molar-refractivity contribution >= 4 is 28.3 Å². The van der Waals surface area contributed by atoms with E-state index in [-0.39, 0.29) is 54.0 Å². The third kappa shape index (κ3) is 6.37. The van der Waals surface area contributed by atoms with Gasteiger partial charge in [0.1, 0.15) is 24.8 Å². The van der Waals surface area contributed by atoms with E-state index in [0.717, 1.165) is 41.3 Å². The maximum Gasteiger partial charge on any atom is 0.417 e. The van der Waals surface area contributed by atoms with Gasteiger partial charge in [0.25, 0.3) is 0 Å². The number of carbonyl (C=O) groups is 1. The highest BCUT2D eigenvalue weighted by molar-refractivity contribution is 7.10. The van der Waals surface area contributed by atoms with E-state index in [1.165, 1.54) is 24.5 Å². The fraction of sp³-hybridized carbons (Fsp3) is 0.233. The molecule has 3 aromatic heterocycles. The number of halogens is 5. The predicted octanol–water partition coefficient (Wildman–Crippen LogP) is 7.10. The van der Waals surface area contributed by atoms with Crippen LogP contribution >= 0.6 is 11.3 Å². The quantitative estimate of drug-likeness (QED) is 0.141. The zero-order valence-corrected chi connectivity index (χ0v) is 23.0. The summed E-state index contributed by atoms with van der Waals surface area (Å²) in [4.78, 5) is 24.4. The molecule has 1 N–H and O–H groups in total. The van der Waals surface area contributed by atoms with Crippen molar-refractivity contribution in [2.24, 2.45) is 0 Å². The number of fused-ring (bicyclic) bond motifs is 1. The lowest BCUT2D eigenvalue weighted by atomic mass is 9.98. The first-order chi connectivity index (χ1) is 20.6. The summed E-state index contributed by atoms with van der Waals surface area (Å²) in [7, 11) is 0. The van der Waals surface area contributed by atoms with Gasteiger partial charge in [-0.2, -0.15) is 13.2 Å². The van der Waals surface area contributed by atoms with Gasteiger partial charge < -0.3 is 19.2 Å². The first kappa shape index (κ1) is 28.7. The summed E-state index contributed by atoms with van der Waals surface area (Å²) in [6.45, 7) is 0.590. The molecule has 1 aliphatic rings.